The minimum Gasteiger partial charge on any atom is -0.461 e. The van der Waals surface area contributed by atoms with Gasteiger partial charge < -0.3 is 28.8 Å². The maximum Gasteiger partial charge on any atom is 0.338 e. The molecule has 55 heavy (non-hydrogen) atoms. The topological polar surface area (TPSA) is 152 Å². The number of aliphatic hydroxyl groups excluding tert-OH is 1. The second kappa shape index (κ2) is 19.9. The molecule has 4 aromatic carbocycles. The number of hydrogen-bond donors (Lipinski definition) is 1. The number of esters is 5. The Labute approximate surface area is 323 Å². The summed E-state index contributed by atoms with van der Waals surface area (Å²) in [6.07, 6.45) is -5.95. The van der Waals surface area contributed by atoms with E-state index < -0.39 is 75.8 Å². The van der Waals surface area contributed by atoms with Gasteiger partial charge in [0, 0.05) is 6.92 Å². The fourth-order valence-corrected chi connectivity index (χ4v) is 7.87. The van der Waals surface area contributed by atoms with Crippen LogP contribution in [0.2, 0.25) is 0 Å². The Morgan fingerprint density at radius 3 is 1.25 bits per heavy atom. The maximum absolute atomic E-state index is 14.9. The van der Waals surface area contributed by atoms with Crippen LogP contribution in [0.15, 0.2) is 121 Å². The van der Waals surface area contributed by atoms with Crippen molar-refractivity contribution < 1.29 is 61.5 Å². The molecule has 0 bridgehead atoms. The second-order valence-corrected chi connectivity index (χ2v) is 14.7. The molecule has 8 atom stereocenters. The number of thioether (sulfide) groups is 2. The molecular formula is C40H36F2O11S2. The van der Waals surface area contributed by atoms with Crippen LogP contribution in [-0.2, 0) is 28.5 Å². The first-order valence-electron chi connectivity index (χ1n) is 16.9. The van der Waals surface area contributed by atoms with E-state index in [4.69, 9.17) is 23.7 Å². The van der Waals surface area contributed by atoms with Crippen molar-refractivity contribution in [2.45, 2.75) is 52.8 Å². The molecule has 0 aliphatic carbocycles. The molecule has 0 amide bonds. The second-order valence-electron chi connectivity index (χ2n) is 12.0. The molecule has 2 aliphatic heterocycles. The van der Waals surface area contributed by atoms with Crippen LogP contribution in [0.25, 0.3) is 0 Å². The number of carbonyl (C=O) groups excluding carboxylic acids is 5. The van der Waals surface area contributed by atoms with E-state index in [0.29, 0.717) is 11.1 Å². The molecule has 1 N–H and O–H groups in total. The zero-order valence-electron chi connectivity index (χ0n) is 29.2. The molecule has 2 heterocycles. The Morgan fingerprint density at radius 1 is 0.527 bits per heavy atom. The molecule has 2 aliphatic rings. The normalized spacial score (nSPS) is 24.0. The third-order valence-corrected chi connectivity index (χ3v) is 10.8. The van der Waals surface area contributed by atoms with Gasteiger partial charge in [-0.3, -0.25) is 4.79 Å². The lowest BCUT2D eigenvalue weighted by Gasteiger charge is -2.20. The predicted molar refractivity (Wildman–Crippen MR) is 199 cm³/mol. The number of aliphatic hydroxyl groups is 1. The summed E-state index contributed by atoms with van der Waals surface area (Å²) in [5.74, 6) is -3.18. The van der Waals surface area contributed by atoms with Crippen molar-refractivity contribution in [3.05, 3.63) is 144 Å². The van der Waals surface area contributed by atoms with E-state index in [2.05, 4.69) is 0 Å². The summed E-state index contributed by atoms with van der Waals surface area (Å²) in [5, 5.41) is 8.34. The molecule has 0 spiro atoms. The summed E-state index contributed by atoms with van der Waals surface area (Å²) in [4.78, 5) is 60.0. The molecule has 0 radical (unpaired) electrons. The van der Waals surface area contributed by atoms with E-state index in [0.717, 1.165) is 23.5 Å². The first kappa shape index (κ1) is 40.9. The van der Waals surface area contributed by atoms with Gasteiger partial charge in [0.1, 0.15) is 18.6 Å². The highest BCUT2D eigenvalue weighted by Gasteiger charge is 2.50. The Bertz CT molecular complexity index is 1890. The number of ether oxygens (including phenoxy) is 5. The average Bonchev–Trinajstić information content (AvgIpc) is 3.65. The molecular weight excluding hydrogens is 759 g/mol. The molecule has 2 saturated heterocycles. The fraction of sp³-hybridized carbons (Fsp3) is 0.275. The van der Waals surface area contributed by atoms with Gasteiger partial charge >= 0.3 is 29.8 Å². The van der Waals surface area contributed by atoms with Gasteiger partial charge in [-0.15, -0.1) is 23.5 Å². The Morgan fingerprint density at radius 2 is 0.873 bits per heavy atom. The van der Waals surface area contributed by atoms with Gasteiger partial charge in [0.15, 0.2) is 30.0 Å². The standard InChI is InChI=1S/C21H19FO6S.C19H17FO5S/c1-13(23)27-21-17(22)18(28-20(25)15-10-6-3-7-11-15)16(29-21)12-26-19(24)14-8-4-2-5-9-14;20-15-16(25-18(22)13-9-5-2-6-10-13)14(26-19(15)23)11-24-17(21)12-7-3-1-4-8-12/h2-11,16-18,21H,12H2,1H3;1-10,14-16,19,23H,11H2/t16-,17-,18+,21?;14-,15-,16+,19?/m00/s1. The summed E-state index contributed by atoms with van der Waals surface area (Å²) >= 11 is 1.84. The van der Waals surface area contributed by atoms with E-state index in [1.54, 1.807) is 121 Å². The Hall–Kier alpha value is -5.25. The predicted octanol–water partition coefficient (Wildman–Crippen LogP) is 6.25. The molecule has 4 aromatic rings. The SMILES string of the molecule is CC(=O)OC1S[C@@H](COC(=O)c2ccccc2)[C@@H](OC(=O)c2ccccc2)[C@@H]1F.O=C(OC[C@@H]1SC(O)[C@@H](F)[C@@H]1OC(=O)c1ccccc1)c1ccccc1. The van der Waals surface area contributed by atoms with Crippen LogP contribution in [0.5, 0.6) is 0 Å². The molecule has 0 saturated carbocycles. The van der Waals surface area contributed by atoms with Crippen LogP contribution in [-0.4, -0.2) is 94.1 Å². The monoisotopic (exact) mass is 794 g/mol. The van der Waals surface area contributed by atoms with Crippen LogP contribution in [0.1, 0.15) is 48.4 Å². The molecule has 288 valence electrons. The zero-order valence-corrected chi connectivity index (χ0v) is 30.8. The van der Waals surface area contributed by atoms with Crippen LogP contribution in [0.4, 0.5) is 8.78 Å². The lowest BCUT2D eigenvalue weighted by Crippen LogP contribution is -2.37. The van der Waals surface area contributed by atoms with Gasteiger partial charge in [0.2, 0.25) is 0 Å². The highest BCUT2D eigenvalue weighted by Crippen LogP contribution is 2.40. The Balaban J connectivity index is 0.000000212. The van der Waals surface area contributed by atoms with Crippen LogP contribution >= 0.6 is 23.5 Å². The average molecular weight is 795 g/mol. The molecule has 2 fully saturated rings. The van der Waals surface area contributed by atoms with Crippen molar-refractivity contribution in [2.24, 2.45) is 0 Å². The van der Waals surface area contributed by atoms with Gasteiger partial charge in [-0.05, 0) is 48.5 Å². The first-order valence-corrected chi connectivity index (χ1v) is 18.8. The number of carbonyl (C=O) groups is 5. The summed E-state index contributed by atoms with van der Waals surface area (Å²) in [6.45, 7) is 0.785. The smallest absolute Gasteiger partial charge is 0.338 e. The minimum atomic E-state index is -1.76. The van der Waals surface area contributed by atoms with Crippen LogP contribution in [0, 0.1) is 0 Å². The van der Waals surface area contributed by atoms with E-state index in [9.17, 15) is 37.9 Å². The summed E-state index contributed by atoms with van der Waals surface area (Å²) in [7, 11) is 0. The lowest BCUT2D eigenvalue weighted by molar-refractivity contribution is -0.145. The van der Waals surface area contributed by atoms with Gasteiger partial charge in [0.05, 0.1) is 32.8 Å². The van der Waals surface area contributed by atoms with Crippen LogP contribution < -0.4 is 0 Å². The number of rotatable bonds is 11. The van der Waals surface area contributed by atoms with Crippen molar-refractivity contribution in [3.63, 3.8) is 0 Å². The zero-order chi connectivity index (χ0) is 39.3. The molecule has 6 rings (SSSR count). The summed E-state index contributed by atoms with van der Waals surface area (Å²) in [5.41, 5.74) is -1.23. The minimum absolute atomic E-state index is 0.178. The van der Waals surface area contributed by atoms with Gasteiger partial charge in [-0.25, -0.2) is 28.0 Å². The van der Waals surface area contributed by atoms with Gasteiger partial charge in [-0.2, -0.15) is 0 Å². The number of benzene rings is 4. The van der Waals surface area contributed by atoms with Gasteiger partial charge in [-0.1, -0.05) is 72.8 Å². The van der Waals surface area contributed by atoms with E-state index in [1.165, 1.54) is 6.92 Å². The van der Waals surface area contributed by atoms with E-state index in [1.807, 2.05) is 0 Å². The van der Waals surface area contributed by atoms with Crippen molar-refractivity contribution in [1.82, 2.24) is 0 Å². The summed E-state index contributed by atoms with van der Waals surface area (Å²) < 4.78 is 55.2. The van der Waals surface area contributed by atoms with Gasteiger partial charge in [0.25, 0.3) is 0 Å². The highest BCUT2D eigenvalue weighted by molar-refractivity contribution is 8.01. The number of alkyl halides is 2. The molecule has 15 heteroatoms. The maximum atomic E-state index is 14.9. The first-order chi connectivity index (χ1) is 26.5. The van der Waals surface area contributed by atoms with Crippen molar-refractivity contribution in [1.29, 1.82) is 0 Å². The lowest BCUT2D eigenvalue weighted by atomic mass is 10.1. The van der Waals surface area contributed by atoms with Crippen molar-refractivity contribution in [3.8, 4) is 0 Å². The largest absolute Gasteiger partial charge is 0.461 e. The molecule has 11 nitrogen and oxygen atoms in total. The quantitative estimate of drug-likeness (QED) is 0.135. The number of hydrogen-bond acceptors (Lipinski definition) is 13. The third-order valence-electron chi connectivity index (χ3n) is 8.08. The van der Waals surface area contributed by atoms with E-state index >= 15 is 0 Å². The van der Waals surface area contributed by atoms with Crippen LogP contribution in [0.3, 0.4) is 0 Å². The third kappa shape index (κ3) is 11.4. The van der Waals surface area contributed by atoms with Crippen molar-refractivity contribution in [2.75, 3.05) is 13.2 Å². The Kier molecular flexibility index (Phi) is 14.8. The summed E-state index contributed by atoms with van der Waals surface area (Å²) in [6, 6.07) is 33.1. The van der Waals surface area contributed by atoms with Crippen molar-refractivity contribution >= 4 is 53.4 Å². The highest BCUT2D eigenvalue weighted by atomic mass is 32.2. The number of halogens is 2. The molecule has 2 unspecified atom stereocenters. The van der Waals surface area contributed by atoms with E-state index in [-0.39, 0.29) is 24.3 Å². The molecule has 0 aromatic heterocycles. The fourth-order valence-electron chi connectivity index (χ4n) is 5.35.